The number of rotatable bonds is 4. The molecule has 0 radical (unpaired) electrons. The summed E-state index contributed by atoms with van der Waals surface area (Å²) in [6, 6.07) is 9.64. The number of nitrogens with two attached hydrogens (primary N) is 1. The molecular weight excluding hydrogens is 381 g/mol. The van der Waals surface area contributed by atoms with Gasteiger partial charge in [-0.25, -0.2) is 4.39 Å². The lowest BCUT2D eigenvalue weighted by Gasteiger charge is -2.30. The second-order valence-corrected chi connectivity index (χ2v) is 7.25. The quantitative estimate of drug-likeness (QED) is 0.740. The van der Waals surface area contributed by atoms with E-state index in [2.05, 4.69) is 5.32 Å². The van der Waals surface area contributed by atoms with Gasteiger partial charge in [-0.3, -0.25) is 9.59 Å². The van der Waals surface area contributed by atoms with E-state index in [-0.39, 0.29) is 41.4 Å². The van der Waals surface area contributed by atoms with Crippen LogP contribution in [0.1, 0.15) is 42.6 Å². The molecule has 2 aromatic rings. The first-order valence-electron chi connectivity index (χ1n) is 9.15. The summed E-state index contributed by atoms with van der Waals surface area (Å²) in [6.45, 7) is 4.39. The number of nitrogens with zero attached hydrogens (tertiary/aromatic N) is 1. The van der Waals surface area contributed by atoms with Gasteiger partial charge < -0.3 is 16.0 Å². The number of anilines is 3. The van der Waals surface area contributed by atoms with Crippen LogP contribution in [0.4, 0.5) is 21.5 Å². The number of carbonyl (C=O) groups is 2. The number of halogens is 2. The van der Waals surface area contributed by atoms with E-state index in [1.165, 1.54) is 18.2 Å². The van der Waals surface area contributed by atoms with E-state index in [1.807, 2.05) is 32.0 Å². The van der Waals surface area contributed by atoms with Crippen LogP contribution in [0.25, 0.3) is 0 Å². The fourth-order valence-corrected chi connectivity index (χ4v) is 3.34. The zero-order valence-electron chi connectivity index (χ0n) is 16.0. The first-order chi connectivity index (χ1) is 12.9. The molecular formula is C21H25ClFN3O2. The van der Waals surface area contributed by atoms with Gasteiger partial charge in [0.15, 0.2) is 0 Å². The lowest BCUT2D eigenvalue weighted by molar-refractivity contribution is -0.116. The summed E-state index contributed by atoms with van der Waals surface area (Å²) in [7, 11) is 0. The molecule has 3 rings (SSSR count). The fourth-order valence-electron chi connectivity index (χ4n) is 3.34. The van der Waals surface area contributed by atoms with Crippen LogP contribution in [0.3, 0.4) is 0 Å². The molecule has 0 bridgehead atoms. The maximum Gasteiger partial charge on any atom is 0.258 e. The first kappa shape index (κ1) is 21.7. The highest BCUT2D eigenvalue weighted by Crippen LogP contribution is 2.32. The topological polar surface area (TPSA) is 75.4 Å². The van der Waals surface area contributed by atoms with Crippen molar-refractivity contribution in [3.63, 3.8) is 0 Å². The van der Waals surface area contributed by atoms with Gasteiger partial charge in [0.2, 0.25) is 5.91 Å². The number of hydrogen-bond donors (Lipinski definition) is 2. The maximum absolute atomic E-state index is 14.4. The summed E-state index contributed by atoms with van der Waals surface area (Å²) in [5.41, 5.74) is 8.75. The summed E-state index contributed by atoms with van der Waals surface area (Å²) in [5, 5.41) is 2.55. The Kier molecular flexibility index (Phi) is 7.02. The Balaban J connectivity index is 0.00000280. The highest BCUT2D eigenvalue weighted by molar-refractivity contribution is 6.07. The average Bonchev–Trinajstić information content (AvgIpc) is 2.62. The average molecular weight is 406 g/mol. The summed E-state index contributed by atoms with van der Waals surface area (Å²) in [4.78, 5) is 26.4. The van der Waals surface area contributed by atoms with E-state index in [0.29, 0.717) is 18.7 Å². The van der Waals surface area contributed by atoms with Gasteiger partial charge in [0, 0.05) is 29.9 Å². The zero-order chi connectivity index (χ0) is 19.6. The van der Waals surface area contributed by atoms with Crippen LogP contribution in [0.2, 0.25) is 0 Å². The number of benzene rings is 2. The predicted octanol–water partition coefficient (Wildman–Crippen LogP) is 4.41. The molecule has 0 fully saturated rings. The van der Waals surface area contributed by atoms with Crippen molar-refractivity contribution in [3.8, 4) is 0 Å². The van der Waals surface area contributed by atoms with Crippen LogP contribution in [-0.2, 0) is 11.2 Å². The highest BCUT2D eigenvalue weighted by atomic mass is 35.5. The molecule has 5 nitrogen and oxygen atoms in total. The largest absolute Gasteiger partial charge is 0.398 e. The monoisotopic (exact) mass is 405 g/mol. The molecule has 1 heterocycles. The van der Waals surface area contributed by atoms with Gasteiger partial charge in [0.25, 0.3) is 5.91 Å². The van der Waals surface area contributed by atoms with Gasteiger partial charge >= 0.3 is 0 Å². The number of fused-ring (bicyclic) bond motifs is 1. The van der Waals surface area contributed by atoms with Crippen molar-refractivity contribution in [2.75, 3.05) is 22.5 Å². The van der Waals surface area contributed by atoms with Gasteiger partial charge in [-0.05, 0) is 54.7 Å². The number of amides is 2. The minimum atomic E-state index is -0.622. The summed E-state index contributed by atoms with van der Waals surface area (Å²) >= 11 is 0. The van der Waals surface area contributed by atoms with E-state index in [1.54, 1.807) is 4.90 Å². The Labute approximate surface area is 170 Å². The standard InChI is InChI=1S/C21H24FN3O2.ClH/c1-13(2)11-20(26)24-18-9-8-14(12-16(18)22)21(27)25-10-4-5-15-17(23)6-3-7-19(15)25;/h3,6-9,12-13H,4-5,10-11,23H2,1-2H3,(H,24,26);1H. The molecule has 1 aliphatic heterocycles. The molecule has 2 aromatic carbocycles. The molecule has 0 unspecified atom stereocenters. The molecule has 150 valence electrons. The zero-order valence-corrected chi connectivity index (χ0v) is 16.8. The van der Waals surface area contributed by atoms with Gasteiger partial charge in [-0.2, -0.15) is 0 Å². The smallest absolute Gasteiger partial charge is 0.258 e. The lowest BCUT2D eigenvalue weighted by atomic mass is 9.99. The van der Waals surface area contributed by atoms with E-state index in [4.69, 9.17) is 5.73 Å². The van der Waals surface area contributed by atoms with Crippen molar-refractivity contribution in [1.82, 2.24) is 0 Å². The summed E-state index contributed by atoms with van der Waals surface area (Å²) in [6.07, 6.45) is 1.94. The molecule has 7 heteroatoms. The van der Waals surface area contributed by atoms with Crippen molar-refractivity contribution in [2.45, 2.75) is 33.1 Å². The Bertz CT molecular complexity index is 886. The number of nitrogens with one attached hydrogen (secondary N) is 1. The second kappa shape index (κ2) is 9.06. The molecule has 0 aliphatic carbocycles. The molecule has 0 aromatic heterocycles. The third kappa shape index (κ3) is 4.62. The van der Waals surface area contributed by atoms with Crippen molar-refractivity contribution < 1.29 is 14.0 Å². The summed E-state index contributed by atoms with van der Waals surface area (Å²) in [5.74, 6) is -0.966. The molecule has 28 heavy (non-hydrogen) atoms. The normalized spacial score (nSPS) is 12.9. The molecule has 2 amide bonds. The van der Waals surface area contributed by atoms with Gasteiger partial charge in [-0.1, -0.05) is 19.9 Å². The molecule has 0 saturated carbocycles. The van der Waals surface area contributed by atoms with Crippen molar-refractivity contribution >= 4 is 41.3 Å². The second-order valence-electron chi connectivity index (χ2n) is 7.25. The Morgan fingerprint density at radius 3 is 2.68 bits per heavy atom. The van der Waals surface area contributed by atoms with Crippen molar-refractivity contribution in [2.24, 2.45) is 5.92 Å². The van der Waals surface area contributed by atoms with Crippen LogP contribution in [-0.4, -0.2) is 18.4 Å². The summed E-state index contributed by atoms with van der Waals surface area (Å²) < 4.78 is 14.4. The Hall–Kier alpha value is -2.60. The minimum absolute atomic E-state index is 0. The predicted molar refractivity (Wildman–Crippen MR) is 113 cm³/mol. The number of hydrogen-bond acceptors (Lipinski definition) is 3. The van der Waals surface area contributed by atoms with E-state index < -0.39 is 5.82 Å². The van der Waals surface area contributed by atoms with Gasteiger partial charge in [0.05, 0.1) is 5.69 Å². The van der Waals surface area contributed by atoms with Gasteiger partial charge in [-0.15, -0.1) is 12.4 Å². The lowest BCUT2D eigenvalue weighted by Crippen LogP contribution is -2.35. The minimum Gasteiger partial charge on any atom is -0.398 e. The SMILES string of the molecule is CC(C)CC(=O)Nc1ccc(C(=O)N2CCCc3c(N)cccc32)cc1F.Cl. The van der Waals surface area contributed by atoms with Gasteiger partial charge in [0.1, 0.15) is 5.82 Å². The molecule has 3 N–H and O–H groups in total. The number of carbonyl (C=O) groups excluding carboxylic acids is 2. The highest BCUT2D eigenvalue weighted by Gasteiger charge is 2.25. The van der Waals surface area contributed by atoms with Crippen LogP contribution in [0.5, 0.6) is 0 Å². The third-order valence-electron chi connectivity index (χ3n) is 4.62. The van der Waals surface area contributed by atoms with Crippen LogP contribution >= 0.6 is 12.4 Å². The van der Waals surface area contributed by atoms with E-state index in [9.17, 15) is 14.0 Å². The van der Waals surface area contributed by atoms with E-state index in [0.717, 1.165) is 24.1 Å². The van der Waals surface area contributed by atoms with Crippen molar-refractivity contribution in [3.05, 3.63) is 53.3 Å². The first-order valence-corrected chi connectivity index (χ1v) is 9.15. The number of nitrogen functional groups attached to an aromatic ring is 1. The molecule has 0 saturated heterocycles. The molecule has 1 aliphatic rings. The Morgan fingerprint density at radius 2 is 2.00 bits per heavy atom. The maximum atomic E-state index is 14.4. The molecule has 0 atom stereocenters. The van der Waals surface area contributed by atoms with Crippen LogP contribution < -0.4 is 16.0 Å². The van der Waals surface area contributed by atoms with Crippen molar-refractivity contribution in [1.29, 1.82) is 0 Å². The Morgan fingerprint density at radius 1 is 1.25 bits per heavy atom. The van der Waals surface area contributed by atoms with Crippen LogP contribution in [0.15, 0.2) is 36.4 Å². The van der Waals surface area contributed by atoms with E-state index >= 15 is 0 Å². The molecule has 0 spiro atoms. The third-order valence-corrected chi connectivity index (χ3v) is 4.62. The fraction of sp³-hybridized carbons (Fsp3) is 0.333. The van der Waals surface area contributed by atoms with Crippen LogP contribution in [0, 0.1) is 11.7 Å².